The molecule has 3 aliphatic rings. The zero-order chi connectivity index (χ0) is 22.5. The number of ether oxygens (including phenoxy) is 1. The van der Waals surface area contributed by atoms with Crippen molar-refractivity contribution in [3.05, 3.63) is 65.2 Å². The third-order valence-corrected chi connectivity index (χ3v) is 9.07. The first-order chi connectivity index (χ1) is 15.4. The van der Waals surface area contributed by atoms with E-state index >= 15 is 0 Å². The number of carboxylic acid groups (broad SMARTS) is 1. The van der Waals surface area contributed by atoms with E-state index in [4.69, 9.17) is 16.3 Å². The lowest BCUT2D eigenvalue weighted by Gasteiger charge is -2.51. The summed E-state index contributed by atoms with van der Waals surface area (Å²) in [7, 11) is 0. The first kappa shape index (κ1) is 21.5. The van der Waals surface area contributed by atoms with Crippen LogP contribution >= 0.6 is 11.6 Å². The number of aliphatic carboxylic acids is 1. The normalized spacial score (nSPS) is 31.7. The van der Waals surface area contributed by atoms with Crippen LogP contribution in [-0.2, 0) is 11.2 Å². The number of carboxylic acids is 1. The number of carbonyl (C=O) groups excluding carboxylic acids is 1. The number of rotatable bonds is 4. The Labute approximate surface area is 193 Å². The molecule has 2 aromatic carbocycles. The molecule has 6 atom stereocenters. The highest BCUT2D eigenvalue weighted by Gasteiger charge is 2.57. The quantitative estimate of drug-likeness (QED) is 0.347. The molecular formula is C27H29ClO4. The lowest BCUT2D eigenvalue weighted by Crippen LogP contribution is -2.45. The molecule has 0 spiro atoms. The molecule has 32 heavy (non-hydrogen) atoms. The van der Waals surface area contributed by atoms with Crippen LogP contribution in [0, 0.1) is 23.2 Å². The van der Waals surface area contributed by atoms with Crippen LogP contribution in [0.25, 0.3) is 0 Å². The molecule has 3 aliphatic carbocycles. The molecule has 4 nitrogen and oxygen atoms in total. The van der Waals surface area contributed by atoms with Crippen LogP contribution in [0.2, 0.25) is 0 Å². The Hall–Kier alpha value is -2.33. The fraction of sp³-hybridized carbons (Fsp3) is 0.481. The van der Waals surface area contributed by atoms with Gasteiger partial charge in [-0.25, -0.2) is 4.79 Å². The summed E-state index contributed by atoms with van der Waals surface area (Å²) in [5.74, 6) is 1.02. The molecule has 2 fully saturated rings. The monoisotopic (exact) mass is 452 g/mol. The van der Waals surface area contributed by atoms with Crippen molar-refractivity contribution in [2.75, 3.05) is 0 Å². The molecule has 0 saturated heterocycles. The molecular weight excluding hydrogens is 424 g/mol. The van der Waals surface area contributed by atoms with E-state index in [9.17, 15) is 14.7 Å². The highest BCUT2D eigenvalue weighted by atomic mass is 35.5. The molecule has 168 valence electrons. The van der Waals surface area contributed by atoms with E-state index in [0.717, 1.165) is 38.5 Å². The number of aryl methyl sites for hydroxylation is 1. The van der Waals surface area contributed by atoms with Gasteiger partial charge in [0, 0.05) is 0 Å². The minimum atomic E-state index is -0.882. The molecule has 0 radical (unpaired) electrons. The maximum absolute atomic E-state index is 12.4. The van der Waals surface area contributed by atoms with E-state index in [2.05, 4.69) is 13.0 Å². The standard InChI is InChI=1S/C27H29ClO4/c1-27-14-13-20-19-10-8-18(32-26(31)16-5-3-2-4-6-16)15-17(19)7-9-21(20)22(27)11-12-23(27)24(28)25(29)30/h2-6,8,10,15,20-24H,7,9,11-14H2,1H3,(H,29,30)/t20-,21-,22+,23-,24?,27+/m1/s1. The maximum atomic E-state index is 12.4. The Bertz CT molecular complexity index is 1040. The summed E-state index contributed by atoms with van der Waals surface area (Å²) < 4.78 is 5.64. The first-order valence-electron chi connectivity index (χ1n) is 11.7. The summed E-state index contributed by atoms with van der Waals surface area (Å²) in [5, 5.41) is 8.71. The van der Waals surface area contributed by atoms with Crippen LogP contribution in [0.1, 0.15) is 66.4 Å². The van der Waals surface area contributed by atoms with Gasteiger partial charge in [0.25, 0.3) is 0 Å². The first-order valence-corrected chi connectivity index (χ1v) is 12.1. The van der Waals surface area contributed by atoms with Crippen LogP contribution in [0.15, 0.2) is 48.5 Å². The average Bonchev–Trinajstić information content (AvgIpc) is 3.15. The van der Waals surface area contributed by atoms with Gasteiger partial charge in [0.1, 0.15) is 11.1 Å². The molecule has 2 saturated carbocycles. The molecule has 2 aromatic rings. The zero-order valence-electron chi connectivity index (χ0n) is 18.3. The van der Waals surface area contributed by atoms with Crippen LogP contribution in [0.4, 0.5) is 0 Å². The topological polar surface area (TPSA) is 63.6 Å². The van der Waals surface area contributed by atoms with Gasteiger partial charge in [0.05, 0.1) is 5.56 Å². The third-order valence-electron chi connectivity index (χ3n) is 8.58. The maximum Gasteiger partial charge on any atom is 0.343 e. The van der Waals surface area contributed by atoms with E-state index in [1.807, 2.05) is 30.3 Å². The molecule has 5 heteroatoms. The molecule has 0 amide bonds. The number of alkyl halides is 1. The molecule has 1 unspecified atom stereocenters. The van der Waals surface area contributed by atoms with E-state index in [1.54, 1.807) is 12.1 Å². The van der Waals surface area contributed by atoms with Gasteiger partial charge in [-0.3, -0.25) is 4.79 Å². The molecule has 0 aliphatic heterocycles. The van der Waals surface area contributed by atoms with Gasteiger partial charge in [0.15, 0.2) is 0 Å². The SMILES string of the molecule is C[C@]12CC[C@@H]3c4ccc(OC(=O)c5ccccc5)cc4CC[C@H]3[C@@H]1CC[C@@H]2C(Cl)C(=O)O. The number of esters is 1. The van der Waals surface area contributed by atoms with Gasteiger partial charge < -0.3 is 9.84 Å². The second-order valence-electron chi connectivity index (χ2n) is 10.0. The third kappa shape index (κ3) is 3.53. The number of benzene rings is 2. The highest BCUT2D eigenvalue weighted by molar-refractivity contribution is 6.29. The lowest BCUT2D eigenvalue weighted by atomic mass is 9.54. The van der Waals surface area contributed by atoms with Gasteiger partial charge in [-0.1, -0.05) is 31.2 Å². The Morgan fingerprint density at radius 2 is 1.88 bits per heavy atom. The van der Waals surface area contributed by atoms with Crippen LogP contribution in [0.3, 0.4) is 0 Å². The molecule has 5 rings (SSSR count). The van der Waals surface area contributed by atoms with E-state index in [1.165, 1.54) is 11.1 Å². The lowest BCUT2D eigenvalue weighted by molar-refractivity contribution is -0.139. The number of hydrogen-bond donors (Lipinski definition) is 1. The van der Waals surface area contributed by atoms with Crippen LogP contribution in [0.5, 0.6) is 5.75 Å². The van der Waals surface area contributed by atoms with Gasteiger partial charge in [-0.15, -0.1) is 11.6 Å². The van der Waals surface area contributed by atoms with Gasteiger partial charge in [0.2, 0.25) is 0 Å². The summed E-state index contributed by atoms with van der Waals surface area (Å²) in [6.07, 6.45) is 6.12. The molecule has 0 heterocycles. The Morgan fingerprint density at radius 1 is 1.09 bits per heavy atom. The van der Waals surface area contributed by atoms with Crippen LogP contribution < -0.4 is 4.74 Å². The number of hydrogen-bond acceptors (Lipinski definition) is 3. The van der Waals surface area contributed by atoms with Gasteiger partial charge in [-0.2, -0.15) is 0 Å². The Kier molecular flexibility index (Phi) is 5.53. The minimum Gasteiger partial charge on any atom is -0.480 e. The van der Waals surface area contributed by atoms with Crippen molar-refractivity contribution in [3.8, 4) is 5.75 Å². The van der Waals surface area contributed by atoms with Crippen molar-refractivity contribution in [1.29, 1.82) is 0 Å². The van der Waals surface area contributed by atoms with Crippen molar-refractivity contribution >= 4 is 23.5 Å². The number of fused-ring (bicyclic) bond motifs is 5. The summed E-state index contributed by atoms with van der Waals surface area (Å²) in [6.45, 7) is 2.28. The molecule has 1 N–H and O–H groups in total. The zero-order valence-corrected chi connectivity index (χ0v) is 19.1. The van der Waals surface area contributed by atoms with Crippen molar-refractivity contribution < 1.29 is 19.4 Å². The van der Waals surface area contributed by atoms with Crippen molar-refractivity contribution in [2.24, 2.45) is 23.2 Å². The second-order valence-corrected chi connectivity index (χ2v) is 10.5. The molecule has 0 bridgehead atoms. The van der Waals surface area contributed by atoms with E-state index < -0.39 is 11.3 Å². The van der Waals surface area contributed by atoms with Crippen molar-refractivity contribution in [2.45, 2.75) is 56.7 Å². The summed E-state index contributed by atoms with van der Waals surface area (Å²) in [5.41, 5.74) is 3.22. The Morgan fingerprint density at radius 3 is 2.62 bits per heavy atom. The average molecular weight is 453 g/mol. The van der Waals surface area contributed by atoms with E-state index in [0.29, 0.717) is 29.1 Å². The predicted octanol–water partition coefficient (Wildman–Crippen LogP) is 6.07. The fourth-order valence-electron chi connectivity index (χ4n) is 7.06. The summed E-state index contributed by atoms with van der Waals surface area (Å²) in [4.78, 5) is 24.0. The minimum absolute atomic E-state index is 0.00856. The van der Waals surface area contributed by atoms with E-state index in [-0.39, 0.29) is 17.3 Å². The predicted molar refractivity (Wildman–Crippen MR) is 123 cm³/mol. The van der Waals surface area contributed by atoms with Gasteiger partial charge >= 0.3 is 11.9 Å². The fourth-order valence-corrected chi connectivity index (χ4v) is 7.47. The largest absolute Gasteiger partial charge is 0.480 e. The number of halogens is 1. The van der Waals surface area contributed by atoms with Crippen molar-refractivity contribution in [3.63, 3.8) is 0 Å². The van der Waals surface area contributed by atoms with Crippen molar-refractivity contribution in [1.82, 2.24) is 0 Å². The summed E-state index contributed by atoms with van der Waals surface area (Å²) in [6, 6.07) is 15.2. The molecule has 0 aromatic heterocycles. The van der Waals surface area contributed by atoms with Crippen LogP contribution in [-0.4, -0.2) is 22.4 Å². The highest BCUT2D eigenvalue weighted by Crippen LogP contribution is 2.64. The Balaban J connectivity index is 1.35. The summed E-state index contributed by atoms with van der Waals surface area (Å²) >= 11 is 6.35. The number of carbonyl (C=O) groups is 2. The second kappa shape index (κ2) is 8.22. The smallest absolute Gasteiger partial charge is 0.343 e. The van der Waals surface area contributed by atoms with Gasteiger partial charge in [-0.05, 0) is 103 Å².